The van der Waals surface area contributed by atoms with Crippen molar-refractivity contribution in [3.63, 3.8) is 0 Å². The van der Waals surface area contributed by atoms with Crippen LogP contribution in [-0.4, -0.2) is 28.9 Å². The van der Waals surface area contributed by atoms with Gasteiger partial charge in [-0.05, 0) is 40.8 Å². The summed E-state index contributed by atoms with van der Waals surface area (Å²) < 4.78 is 0. The molecule has 0 saturated carbocycles. The van der Waals surface area contributed by atoms with Crippen molar-refractivity contribution < 1.29 is 19.5 Å². The summed E-state index contributed by atoms with van der Waals surface area (Å²) in [6.45, 7) is 1.21. The van der Waals surface area contributed by atoms with Crippen LogP contribution in [0.1, 0.15) is 24.5 Å². The van der Waals surface area contributed by atoms with Crippen LogP contribution in [0.5, 0.6) is 0 Å². The number of hydrogen-bond acceptors (Lipinski definition) is 3. The molecule has 0 aromatic heterocycles. The first-order chi connectivity index (χ1) is 11.9. The summed E-state index contributed by atoms with van der Waals surface area (Å²) in [7, 11) is 0. The van der Waals surface area contributed by atoms with Crippen molar-refractivity contribution in [3.8, 4) is 11.1 Å². The number of hydrogen-bond donors (Lipinski definition) is 3. The van der Waals surface area contributed by atoms with Gasteiger partial charge in [-0.2, -0.15) is 0 Å². The van der Waals surface area contributed by atoms with E-state index in [0.717, 1.165) is 17.5 Å². The van der Waals surface area contributed by atoms with Gasteiger partial charge in [0.05, 0.1) is 6.42 Å². The van der Waals surface area contributed by atoms with Crippen LogP contribution in [0.2, 0.25) is 0 Å². The van der Waals surface area contributed by atoms with Gasteiger partial charge in [0, 0.05) is 12.6 Å². The summed E-state index contributed by atoms with van der Waals surface area (Å²) >= 11 is 0. The first-order valence-corrected chi connectivity index (χ1v) is 7.95. The van der Waals surface area contributed by atoms with Gasteiger partial charge in [0.25, 0.3) is 0 Å². The van der Waals surface area contributed by atoms with Crippen molar-refractivity contribution >= 4 is 23.5 Å². The fraction of sp³-hybridized carbons (Fsp3) is 0.211. The van der Waals surface area contributed by atoms with Gasteiger partial charge in [-0.3, -0.25) is 9.59 Å². The summed E-state index contributed by atoms with van der Waals surface area (Å²) in [5.74, 6) is -2.20. The predicted molar refractivity (Wildman–Crippen MR) is 93.2 cm³/mol. The molecule has 0 aliphatic heterocycles. The molecule has 1 aliphatic rings. The number of nitrogens with one attached hydrogen (secondary N) is 2. The van der Waals surface area contributed by atoms with E-state index in [4.69, 9.17) is 5.11 Å². The molecule has 3 rings (SSSR count). The molecule has 3 N–H and O–H groups in total. The van der Waals surface area contributed by atoms with Crippen LogP contribution in [0.25, 0.3) is 11.1 Å². The highest BCUT2D eigenvalue weighted by Crippen LogP contribution is 2.37. The Hall–Kier alpha value is -3.15. The Morgan fingerprint density at radius 1 is 1.08 bits per heavy atom. The molecule has 6 nitrogen and oxygen atoms in total. The molecule has 2 amide bonds. The van der Waals surface area contributed by atoms with Crippen LogP contribution in [0, 0.1) is 0 Å². The van der Waals surface area contributed by atoms with E-state index < -0.39 is 23.8 Å². The molecule has 0 unspecified atom stereocenters. The third-order valence-corrected chi connectivity index (χ3v) is 4.15. The SMILES string of the molecule is CC(=O)N[C@H](CC(=O)Nc1ccc2c(c1)-c1ccccc1C2)C(=O)O. The van der Waals surface area contributed by atoms with Crippen LogP contribution in [0.3, 0.4) is 0 Å². The second kappa shape index (κ2) is 6.76. The third-order valence-electron chi connectivity index (χ3n) is 4.15. The highest BCUT2D eigenvalue weighted by molar-refractivity contribution is 5.96. The first-order valence-electron chi connectivity index (χ1n) is 7.95. The molecule has 0 saturated heterocycles. The Bertz CT molecular complexity index is 860. The highest BCUT2D eigenvalue weighted by Gasteiger charge is 2.23. The van der Waals surface area contributed by atoms with Crippen LogP contribution in [0.15, 0.2) is 42.5 Å². The van der Waals surface area contributed by atoms with Crippen molar-refractivity contribution in [1.82, 2.24) is 5.32 Å². The molecule has 128 valence electrons. The molecule has 0 fully saturated rings. The van der Waals surface area contributed by atoms with E-state index in [1.54, 1.807) is 6.07 Å². The quantitative estimate of drug-likeness (QED) is 0.664. The number of carboxylic acid groups (broad SMARTS) is 1. The van der Waals surface area contributed by atoms with Crippen molar-refractivity contribution in [2.75, 3.05) is 5.32 Å². The molecule has 0 bridgehead atoms. The zero-order valence-corrected chi connectivity index (χ0v) is 13.7. The van der Waals surface area contributed by atoms with Gasteiger partial charge in [0.15, 0.2) is 0 Å². The highest BCUT2D eigenvalue weighted by atomic mass is 16.4. The van der Waals surface area contributed by atoms with E-state index >= 15 is 0 Å². The normalized spacial score (nSPS) is 12.7. The second-order valence-corrected chi connectivity index (χ2v) is 6.05. The fourth-order valence-corrected chi connectivity index (χ4v) is 3.04. The number of amides is 2. The Labute approximate surface area is 144 Å². The number of fused-ring (bicyclic) bond motifs is 3. The largest absolute Gasteiger partial charge is 0.480 e. The maximum Gasteiger partial charge on any atom is 0.326 e. The lowest BCUT2D eigenvalue weighted by Crippen LogP contribution is -2.42. The van der Waals surface area contributed by atoms with Gasteiger partial charge >= 0.3 is 5.97 Å². The lowest BCUT2D eigenvalue weighted by Gasteiger charge is -2.13. The molecule has 2 aromatic carbocycles. The molecular weight excluding hydrogens is 320 g/mol. The molecule has 25 heavy (non-hydrogen) atoms. The molecular formula is C19H18N2O4. The average Bonchev–Trinajstić information content (AvgIpc) is 2.92. The Balaban J connectivity index is 1.73. The summed E-state index contributed by atoms with van der Waals surface area (Å²) in [6.07, 6.45) is 0.534. The number of carbonyl (C=O) groups is 3. The number of carboxylic acids is 1. The minimum Gasteiger partial charge on any atom is -0.480 e. The van der Waals surface area contributed by atoms with E-state index in [-0.39, 0.29) is 6.42 Å². The molecule has 1 aliphatic carbocycles. The lowest BCUT2D eigenvalue weighted by atomic mass is 10.1. The van der Waals surface area contributed by atoms with E-state index in [1.807, 2.05) is 30.3 Å². The number of benzene rings is 2. The number of anilines is 1. The average molecular weight is 338 g/mol. The van der Waals surface area contributed by atoms with Crippen LogP contribution < -0.4 is 10.6 Å². The van der Waals surface area contributed by atoms with Gasteiger partial charge in [0.2, 0.25) is 11.8 Å². The zero-order chi connectivity index (χ0) is 18.0. The predicted octanol–water partition coefficient (Wildman–Crippen LogP) is 2.18. The van der Waals surface area contributed by atoms with E-state index in [0.29, 0.717) is 5.69 Å². The summed E-state index contributed by atoms with van der Waals surface area (Å²) in [5, 5.41) is 14.0. The maximum absolute atomic E-state index is 12.1. The maximum atomic E-state index is 12.1. The van der Waals surface area contributed by atoms with Crippen molar-refractivity contribution in [3.05, 3.63) is 53.6 Å². The van der Waals surface area contributed by atoms with Gasteiger partial charge < -0.3 is 15.7 Å². The van der Waals surface area contributed by atoms with Crippen molar-refractivity contribution in [2.45, 2.75) is 25.8 Å². The fourth-order valence-electron chi connectivity index (χ4n) is 3.04. The first kappa shape index (κ1) is 16.7. The van der Waals surface area contributed by atoms with Crippen molar-refractivity contribution in [2.24, 2.45) is 0 Å². The van der Waals surface area contributed by atoms with Crippen LogP contribution >= 0.6 is 0 Å². The minimum atomic E-state index is -1.24. The number of carbonyl (C=O) groups excluding carboxylic acids is 2. The Morgan fingerprint density at radius 2 is 1.80 bits per heavy atom. The van der Waals surface area contributed by atoms with Gasteiger partial charge in [-0.25, -0.2) is 4.79 Å². The van der Waals surface area contributed by atoms with E-state index in [9.17, 15) is 14.4 Å². The van der Waals surface area contributed by atoms with E-state index in [2.05, 4.69) is 16.7 Å². The smallest absolute Gasteiger partial charge is 0.326 e. The number of rotatable bonds is 5. The van der Waals surface area contributed by atoms with Gasteiger partial charge in [-0.15, -0.1) is 0 Å². The zero-order valence-electron chi connectivity index (χ0n) is 13.7. The summed E-state index contributed by atoms with van der Waals surface area (Å²) in [4.78, 5) is 34.3. The Kier molecular flexibility index (Phi) is 4.52. The van der Waals surface area contributed by atoms with Gasteiger partial charge in [-0.1, -0.05) is 30.3 Å². The standard InChI is InChI=1S/C19H18N2O4/c1-11(22)20-17(19(24)25)10-18(23)21-14-7-6-13-8-12-4-2-3-5-15(12)16(13)9-14/h2-7,9,17H,8,10H2,1H3,(H,20,22)(H,21,23)(H,24,25)/t17-/m1/s1. The molecule has 0 spiro atoms. The molecule has 0 heterocycles. The lowest BCUT2D eigenvalue weighted by molar-refractivity contribution is -0.142. The molecule has 1 atom stereocenters. The van der Waals surface area contributed by atoms with Gasteiger partial charge in [0.1, 0.15) is 6.04 Å². The summed E-state index contributed by atoms with van der Waals surface area (Å²) in [5.41, 5.74) is 5.27. The summed E-state index contributed by atoms with van der Waals surface area (Å²) in [6, 6.07) is 12.5. The van der Waals surface area contributed by atoms with Crippen LogP contribution in [-0.2, 0) is 20.8 Å². The monoisotopic (exact) mass is 338 g/mol. The molecule has 0 radical (unpaired) electrons. The second-order valence-electron chi connectivity index (χ2n) is 6.05. The number of aliphatic carboxylic acids is 1. The molecule has 6 heteroatoms. The topological polar surface area (TPSA) is 95.5 Å². The minimum absolute atomic E-state index is 0.331. The van der Waals surface area contributed by atoms with E-state index in [1.165, 1.54) is 18.1 Å². The molecule has 2 aromatic rings. The van der Waals surface area contributed by atoms with Crippen molar-refractivity contribution in [1.29, 1.82) is 0 Å². The Morgan fingerprint density at radius 3 is 2.52 bits per heavy atom. The van der Waals surface area contributed by atoms with Crippen LogP contribution in [0.4, 0.5) is 5.69 Å². The third kappa shape index (κ3) is 3.68.